The Morgan fingerprint density at radius 2 is 1.40 bits per heavy atom. The van der Waals surface area contributed by atoms with Gasteiger partial charge >= 0.3 is 23.9 Å². The Labute approximate surface area is 202 Å². The molecule has 0 aliphatic heterocycles. The van der Waals surface area contributed by atoms with Crippen LogP contribution in [0.5, 0.6) is 0 Å². The molecule has 0 atom stereocenters. The van der Waals surface area contributed by atoms with Crippen molar-refractivity contribution in [2.75, 3.05) is 18.3 Å². The molecule has 35 heavy (non-hydrogen) atoms. The molecule has 2 rings (SSSR count). The van der Waals surface area contributed by atoms with Crippen molar-refractivity contribution in [3.05, 3.63) is 59.3 Å². The molecular formula is C24H28N2O9. The predicted molar refractivity (Wildman–Crippen MR) is 123 cm³/mol. The van der Waals surface area contributed by atoms with Gasteiger partial charge in [0.1, 0.15) is 12.2 Å². The number of benzene rings is 1. The number of carbonyl (C=O) groups excluding carboxylic acids is 5. The lowest BCUT2D eigenvalue weighted by atomic mass is 10.1. The molecule has 11 heteroatoms. The summed E-state index contributed by atoms with van der Waals surface area (Å²) < 4.78 is 14.0. The number of carbonyl (C=O) groups is 5. The maximum atomic E-state index is 12.5. The third-order valence-electron chi connectivity index (χ3n) is 3.87. The molecular weight excluding hydrogens is 460 g/mol. The van der Waals surface area contributed by atoms with Gasteiger partial charge in [0.2, 0.25) is 5.91 Å². The van der Waals surface area contributed by atoms with Crippen LogP contribution in [0, 0.1) is 0 Å². The standard InChI is InChI=1S/C20H22N2O6.C4H6O3/c1-4-26-19(24)16-11-12-21-18(17(16)20(25)27-5-2)22(14(3)23)28-13-15-9-7-6-8-10-15;1-3(5)7-4(2)6/h6-12H,4-5,13H2,1-3H3;1-2H3. The highest BCUT2D eigenvalue weighted by atomic mass is 16.7. The van der Waals surface area contributed by atoms with E-state index in [9.17, 15) is 24.0 Å². The minimum absolute atomic E-state index is 0.0557. The summed E-state index contributed by atoms with van der Waals surface area (Å²) in [6, 6.07) is 10.5. The Kier molecular flexibility index (Phi) is 12.3. The number of rotatable bonds is 8. The van der Waals surface area contributed by atoms with Crippen molar-refractivity contribution in [1.29, 1.82) is 0 Å². The second-order valence-electron chi connectivity index (χ2n) is 6.66. The number of anilines is 1. The fourth-order valence-electron chi connectivity index (χ4n) is 2.61. The molecule has 0 aliphatic rings. The molecule has 0 saturated carbocycles. The van der Waals surface area contributed by atoms with Crippen LogP contribution in [-0.4, -0.2) is 48.0 Å². The van der Waals surface area contributed by atoms with E-state index in [0.29, 0.717) is 0 Å². The van der Waals surface area contributed by atoms with E-state index in [1.54, 1.807) is 13.8 Å². The van der Waals surface area contributed by atoms with Gasteiger partial charge in [0.15, 0.2) is 5.82 Å². The number of aromatic nitrogens is 1. The normalized spacial score (nSPS) is 9.74. The third kappa shape index (κ3) is 9.72. The zero-order valence-corrected chi connectivity index (χ0v) is 20.2. The van der Waals surface area contributed by atoms with E-state index in [1.165, 1.54) is 33.0 Å². The lowest BCUT2D eigenvalue weighted by Crippen LogP contribution is -2.32. The van der Waals surface area contributed by atoms with Crippen molar-refractivity contribution >= 4 is 35.6 Å². The highest BCUT2D eigenvalue weighted by Crippen LogP contribution is 2.25. The summed E-state index contributed by atoms with van der Waals surface area (Å²) in [7, 11) is 0. The average molecular weight is 488 g/mol. The zero-order chi connectivity index (χ0) is 26.4. The molecule has 0 fully saturated rings. The van der Waals surface area contributed by atoms with E-state index >= 15 is 0 Å². The Hall–Kier alpha value is -4.12. The smallest absolute Gasteiger partial charge is 0.342 e. The largest absolute Gasteiger partial charge is 0.462 e. The van der Waals surface area contributed by atoms with Crippen molar-refractivity contribution in [2.24, 2.45) is 0 Å². The van der Waals surface area contributed by atoms with Crippen LogP contribution in [0.25, 0.3) is 0 Å². The zero-order valence-electron chi connectivity index (χ0n) is 20.2. The molecule has 0 spiro atoms. The van der Waals surface area contributed by atoms with Crippen molar-refractivity contribution in [3.63, 3.8) is 0 Å². The molecule has 0 radical (unpaired) electrons. The molecule has 1 aromatic carbocycles. The summed E-state index contributed by atoms with van der Waals surface area (Å²) in [6.45, 7) is 7.18. The van der Waals surface area contributed by atoms with Crippen LogP contribution < -0.4 is 5.06 Å². The third-order valence-corrected chi connectivity index (χ3v) is 3.87. The predicted octanol–water partition coefficient (Wildman–Crippen LogP) is 3.02. The first-order chi connectivity index (χ1) is 16.6. The number of nitrogens with zero attached hydrogens (tertiary/aromatic N) is 2. The molecule has 0 unspecified atom stereocenters. The molecule has 188 valence electrons. The van der Waals surface area contributed by atoms with Crippen LogP contribution in [-0.2, 0) is 40.0 Å². The molecule has 0 saturated heterocycles. The van der Waals surface area contributed by atoms with Crippen LogP contribution in [0.3, 0.4) is 0 Å². The minimum Gasteiger partial charge on any atom is -0.462 e. The van der Waals surface area contributed by atoms with Crippen LogP contribution in [0.2, 0.25) is 0 Å². The number of amides is 1. The van der Waals surface area contributed by atoms with Gasteiger partial charge < -0.3 is 14.2 Å². The summed E-state index contributed by atoms with van der Waals surface area (Å²) in [4.78, 5) is 66.3. The summed E-state index contributed by atoms with van der Waals surface area (Å²) in [5, 5.41) is 0.877. The van der Waals surface area contributed by atoms with Crippen LogP contribution in [0.4, 0.5) is 5.82 Å². The average Bonchev–Trinajstić information content (AvgIpc) is 2.79. The van der Waals surface area contributed by atoms with Gasteiger partial charge in [-0.15, -0.1) is 0 Å². The van der Waals surface area contributed by atoms with Crippen molar-refractivity contribution < 1.29 is 43.0 Å². The summed E-state index contributed by atoms with van der Waals surface area (Å²) in [5.74, 6) is -3.30. The topological polar surface area (TPSA) is 138 Å². The van der Waals surface area contributed by atoms with Crippen LogP contribution in [0.15, 0.2) is 42.6 Å². The second-order valence-corrected chi connectivity index (χ2v) is 6.66. The highest BCUT2D eigenvalue weighted by molar-refractivity contribution is 6.08. The lowest BCUT2D eigenvalue weighted by molar-refractivity contribution is -0.156. The number of pyridine rings is 1. The van der Waals surface area contributed by atoms with E-state index < -0.39 is 29.8 Å². The monoisotopic (exact) mass is 488 g/mol. The number of hydroxylamine groups is 1. The van der Waals surface area contributed by atoms with Gasteiger partial charge in [-0.05, 0) is 25.5 Å². The number of hydrogen-bond acceptors (Lipinski definition) is 10. The van der Waals surface area contributed by atoms with E-state index in [0.717, 1.165) is 10.6 Å². The SMILES string of the molecule is CC(=O)OC(C)=O.CCOC(=O)c1ccnc(N(OCc2ccccc2)C(C)=O)c1C(=O)OCC. The quantitative estimate of drug-likeness (QED) is 0.236. The second kappa shape index (κ2) is 14.9. The van der Waals surface area contributed by atoms with E-state index in [4.69, 9.17) is 14.3 Å². The minimum atomic E-state index is -0.803. The Morgan fingerprint density at radius 1 is 0.829 bits per heavy atom. The fraction of sp³-hybridized carbons (Fsp3) is 0.333. The van der Waals surface area contributed by atoms with Gasteiger partial charge in [-0.1, -0.05) is 30.3 Å². The van der Waals surface area contributed by atoms with E-state index in [1.807, 2.05) is 30.3 Å². The van der Waals surface area contributed by atoms with Crippen LogP contribution in [0.1, 0.15) is 60.9 Å². The van der Waals surface area contributed by atoms with E-state index in [-0.39, 0.29) is 36.8 Å². The summed E-state index contributed by atoms with van der Waals surface area (Å²) in [5.41, 5.74) is 0.568. The lowest BCUT2D eigenvalue weighted by Gasteiger charge is -2.22. The molecule has 0 N–H and O–H groups in total. The number of esters is 4. The van der Waals surface area contributed by atoms with Crippen molar-refractivity contribution in [1.82, 2.24) is 4.98 Å². The molecule has 1 aromatic heterocycles. The van der Waals surface area contributed by atoms with Crippen LogP contribution >= 0.6 is 0 Å². The Morgan fingerprint density at radius 3 is 1.89 bits per heavy atom. The molecule has 1 amide bonds. The maximum Gasteiger partial charge on any atom is 0.342 e. The molecule has 1 heterocycles. The Bertz CT molecular complexity index is 1030. The molecule has 0 aliphatic carbocycles. The first-order valence-corrected chi connectivity index (χ1v) is 10.6. The Balaban J connectivity index is 0.000000762. The number of ether oxygens (including phenoxy) is 3. The van der Waals surface area contributed by atoms with Gasteiger partial charge in [0.25, 0.3) is 0 Å². The fourth-order valence-corrected chi connectivity index (χ4v) is 2.61. The molecule has 11 nitrogen and oxygen atoms in total. The number of hydrogen-bond donors (Lipinski definition) is 0. The van der Waals surface area contributed by atoms with Crippen molar-refractivity contribution in [2.45, 2.75) is 41.2 Å². The maximum absolute atomic E-state index is 12.5. The summed E-state index contributed by atoms with van der Waals surface area (Å²) in [6.07, 6.45) is 1.30. The molecule has 0 bridgehead atoms. The summed E-state index contributed by atoms with van der Waals surface area (Å²) >= 11 is 0. The highest BCUT2D eigenvalue weighted by Gasteiger charge is 2.29. The van der Waals surface area contributed by atoms with Gasteiger partial charge in [-0.3, -0.25) is 19.2 Å². The van der Waals surface area contributed by atoms with Gasteiger partial charge in [-0.25, -0.2) is 14.6 Å². The van der Waals surface area contributed by atoms with Gasteiger partial charge in [0, 0.05) is 27.0 Å². The first-order valence-electron chi connectivity index (χ1n) is 10.6. The van der Waals surface area contributed by atoms with Crippen molar-refractivity contribution in [3.8, 4) is 0 Å². The van der Waals surface area contributed by atoms with Gasteiger partial charge in [0.05, 0.1) is 18.8 Å². The molecule has 2 aromatic rings. The first kappa shape index (κ1) is 28.9. The van der Waals surface area contributed by atoms with E-state index in [2.05, 4.69) is 9.72 Å². The van der Waals surface area contributed by atoms with Gasteiger partial charge in [-0.2, -0.15) is 5.06 Å².